The summed E-state index contributed by atoms with van der Waals surface area (Å²) in [6.45, 7) is 2.32. The van der Waals surface area contributed by atoms with E-state index in [-0.39, 0.29) is 13.2 Å². The van der Waals surface area contributed by atoms with E-state index in [1.807, 2.05) is 0 Å². The minimum absolute atomic E-state index is 0.0841. The highest BCUT2D eigenvalue weighted by atomic mass is 19.1. The second-order valence-corrected chi connectivity index (χ2v) is 4.93. The SMILES string of the molecule is CCCCCCN(CCO)C(=O)c1cc(F)cc(N)c1F. The zero-order valence-corrected chi connectivity index (χ0v) is 12.2. The van der Waals surface area contributed by atoms with Gasteiger partial charge in [0.1, 0.15) is 5.82 Å². The van der Waals surface area contributed by atoms with Crippen molar-refractivity contribution in [2.24, 2.45) is 0 Å². The van der Waals surface area contributed by atoms with E-state index in [1.165, 1.54) is 4.90 Å². The van der Waals surface area contributed by atoms with Gasteiger partial charge in [-0.2, -0.15) is 0 Å². The van der Waals surface area contributed by atoms with Crippen molar-refractivity contribution in [2.45, 2.75) is 32.6 Å². The summed E-state index contributed by atoms with van der Waals surface area (Å²) in [6, 6.07) is 1.67. The molecule has 0 spiro atoms. The van der Waals surface area contributed by atoms with Crippen molar-refractivity contribution in [1.82, 2.24) is 4.90 Å². The van der Waals surface area contributed by atoms with E-state index in [1.54, 1.807) is 0 Å². The van der Waals surface area contributed by atoms with Crippen LogP contribution < -0.4 is 5.73 Å². The minimum Gasteiger partial charge on any atom is -0.396 e. The number of nitrogen functional groups attached to an aromatic ring is 1. The number of halogens is 2. The Morgan fingerprint density at radius 3 is 2.57 bits per heavy atom. The number of aliphatic hydroxyl groups excluding tert-OH is 1. The molecule has 0 aromatic heterocycles. The van der Waals surface area contributed by atoms with E-state index in [4.69, 9.17) is 10.8 Å². The molecule has 4 nitrogen and oxygen atoms in total. The second kappa shape index (κ2) is 8.56. The van der Waals surface area contributed by atoms with Crippen LogP contribution in [0.15, 0.2) is 12.1 Å². The molecule has 0 saturated carbocycles. The summed E-state index contributed by atoms with van der Waals surface area (Å²) < 4.78 is 27.2. The zero-order valence-electron chi connectivity index (χ0n) is 12.2. The first-order valence-electron chi connectivity index (χ1n) is 7.15. The van der Waals surface area contributed by atoms with E-state index in [2.05, 4.69) is 6.92 Å². The van der Waals surface area contributed by atoms with Crippen LogP contribution in [0.5, 0.6) is 0 Å². The summed E-state index contributed by atoms with van der Waals surface area (Å²) in [7, 11) is 0. The molecule has 3 N–H and O–H groups in total. The van der Waals surface area contributed by atoms with Gasteiger partial charge in [-0.15, -0.1) is 0 Å². The van der Waals surface area contributed by atoms with Crippen molar-refractivity contribution in [3.8, 4) is 0 Å². The van der Waals surface area contributed by atoms with E-state index in [0.717, 1.165) is 37.8 Å². The molecule has 0 bridgehead atoms. The van der Waals surface area contributed by atoms with Gasteiger partial charge >= 0.3 is 0 Å². The van der Waals surface area contributed by atoms with Gasteiger partial charge in [-0.25, -0.2) is 8.78 Å². The van der Waals surface area contributed by atoms with Gasteiger partial charge in [0, 0.05) is 13.1 Å². The van der Waals surface area contributed by atoms with Crippen LogP contribution in [0.4, 0.5) is 14.5 Å². The van der Waals surface area contributed by atoms with E-state index in [9.17, 15) is 13.6 Å². The number of benzene rings is 1. The molecule has 0 fully saturated rings. The number of nitrogens with two attached hydrogens (primary N) is 1. The van der Waals surface area contributed by atoms with Crippen molar-refractivity contribution in [3.05, 3.63) is 29.3 Å². The predicted octanol–water partition coefficient (Wildman–Crippen LogP) is 2.56. The van der Waals surface area contributed by atoms with Crippen molar-refractivity contribution < 1.29 is 18.7 Å². The van der Waals surface area contributed by atoms with Crippen LogP contribution in [0.1, 0.15) is 43.0 Å². The van der Waals surface area contributed by atoms with Crippen molar-refractivity contribution in [2.75, 3.05) is 25.4 Å². The van der Waals surface area contributed by atoms with Crippen LogP contribution in [-0.4, -0.2) is 35.6 Å². The van der Waals surface area contributed by atoms with Crippen LogP contribution >= 0.6 is 0 Å². The fraction of sp³-hybridized carbons (Fsp3) is 0.533. The third kappa shape index (κ3) is 4.97. The Hall–Kier alpha value is -1.69. The lowest BCUT2D eigenvalue weighted by atomic mass is 10.1. The minimum atomic E-state index is -0.919. The molecule has 0 aliphatic rings. The van der Waals surface area contributed by atoms with Crippen LogP contribution in [0.2, 0.25) is 0 Å². The van der Waals surface area contributed by atoms with Crippen molar-refractivity contribution in [3.63, 3.8) is 0 Å². The normalized spacial score (nSPS) is 10.7. The lowest BCUT2D eigenvalue weighted by molar-refractivity contribution is 0.0713. The highest BCUT2D eigenvalue weighted by molar-refractivity contribution is 5.95. The van der Waals surface area contributed by atoms with Gasteiger partial charge in [0.05, 0.1) is 17.9 Å². The van der Waals surface area contributed by atoms with Gasteiger partial charge in [0.25, 0.3) is 5.91 Å². The Labute approximate surface area is 123 Å². The quantitative estimate of drug-likeness (QED) is 0.573. The van der Waals surface area contributed by atoms with Crippen molar-refractivity contribution in [1.29, 1.82) is 0 Å². The number of amides is 1. The molecule has 0 aliphatic heterocycles. The first kappa shape index (κ1) is 17.4. The summed E-state index contributed by atoms with van der Waals surface area (Å²) in [5, 5.41) is 9.03. The molecule has 0 heterocycles. The average molecular weight is 300 g/mol. The molecule has 21 heavy (non-hydrogen) atoms. The Morgan fingerprint density at radius 1 is 1.24 bits per heavy atom. The lowest BCUT2D eigenvalue weighted by Gasteiger charge is -2.22. The summed E-state index contributed by atoms with van der Waals surface area (Å²) >= 11 is 0. The standard InChI is InChI=1S/C15H22F2N2O2/c1-2-3-4-5-6-19(7-8-20)15(21)12-9-11(16)10-13(18)14(12)17/h9-10,20H,2-8,18H2,1H3. The number of carbonyl (C=O) groups is 1. The van der Waals surface area contributed by atoms with Crippen LogP contribution in [0.25, 0.3) is 0 Å². The highest BCUT2D eigenvalue weighted by Crippen LogP contribution is 2.19. The van der Waals surface area contributed by atoms with E-state index in [0.29, 0.717) is 6.54 Å². The maximum Gasteiger partial charge on any atom is 0.257 e. The number of aliphatic hydroxyl groups is 1. The third-order valence-corrected chi connectivity index (χ3v) is 3.23. The zero-order chi connectivity index (χ0) is 15.8. The monoisotopic (exact) mass is 300 g/mol. The topological polar surface area (TPSA) is 66.6 Å². The lowest BCUT2D eigenvalue weighted by Crippen LogP contribution is -2.35. The van der Waals surface area contributed by atoms with E-state index >= 15 is 0 Å². The molecule has 0 atom stereocenters. The molecule has 1 aromatic rings. The Kier molecular flexibility index (Phi) is 7.08. The van der Waals surface area contributed by atoms with Crippen molar-refractivity contribution >= 4 is 11.6 Å². The maximum absolute atomic E-state index is 13.9. The molecule has 1 amide bonds. The Bertz CT molecular complexity index is 481. The molecular formula is C15H22F2N2O2. The fourth-order valence-corrected chi connectivity index (χ4v) is 2.10. The summed E-state index contributed by atoms with van der Waals surface area (Å²) in [4.78, 5) is 13.6. The Morgan fingerprint density at radius 2 is 1.95 bits per heavy atom. The van der Waals surface area contributed by atoms with Crippen LogP contribution in [0.3, 0.4) is 0 Å². The first-order valence-corrected chi connectivity index (χ1v) is 7.15. The molecule has 0 saturated heterocycles. The van der Waals surface area contributed by atoms with Crippen LogP contribution in [-0.2, 0) is 0 Å². The number of hydrogen-bond acceptors (Lipinski definition) is 3. The van der Waals surface area contributed by atoms with Gasteiger partial charge in [0.2, 0.25) is 0 Å². The van der Waals surface area contributed by atoms with Crippen LogP contribution in [0, 0.1) is 11.6 Å². The number of anilines is 1. The molecule has 6 heteroatoms. The maximum atomic E-state index is 13.9. The number of carbonyl (C=O) groups excluding carboxylic acids is 1. The Balaban J connectivity index is 2.85. The molecule has 0 aliphatic carbocycles. The van der Waals surface area contributed by atoms with Gasteiger partial charge in [0.15, 0.2) is 5.82 Å². The first-order chi connectivity index (χ1) is 10.0. The third-order valence-electron chi connectivity index (χ3n) is 3.23. The summed E-state index contributed by atoms with van der Waals surface area (Å²) in [5.74, 6) is -2.32. The number of rotatable bonds is 8. The summed E-state index contributed by atoms with van der Waals surface area (Å²) in [6.07, 6.45) is 3.80. The smallest absolute Gasteiger partial charge is 0.257 e. The second-order valence-electron chi connectivity index (χ2n) is 4.93. The molecular weight excluding hydrogens is 278 g/mol. The number of unbranched alkanes of at least 4 members (excludes halogenated alkanes) is 3. The van der Waals surface area contributed by atoms with Gasteiger partial charge in [-0.3, -0.25) is 4.79 Å². The average Bonchev–Trinajstić information content (AvgIpc) is 2.45. The highest BCUT2D eigenvalue weighted by Gasteiger charge is 2.21. The summed E-state index contributed by atoms with van der Waals surface area (Å²) in [5.41, 5.74) is 4.55. The largest absolute Gasteiger partial charge is 0.396 e. The predicted molar refractivity (Wildman–Crippen MR) is 77.9 cm³/mol. The molecule has 0 unspecified atom stereocenters. The number of hydrogen-bond donors (Lipinski definition) is 2. The van der Waals surface area contributed by atoms with Gasteiger partial charge in [-0.05, 0) is 18.6 Å². The van der Waals surface area contributed by atoms with E-state index < -0.39 is 28.8 Å². The fourth-order valence-electron chi connectivity index (χ4n) is 2.10. The van der Waals surface area contributed by atoms with Gasteiger partial charge in [-0.1, -0.05) is 26.2 Å². The molecule has 118 valence electrons. The number of nitrogens with zero attached hydrogens (tertiary/aromatic N) is 1. The molecule has 0 radical (unpaired) electrons. The molecule has 1 aromatic carbocycles. The molecule has 1 rings (SSSR count). The van der Waals surface area contributed by atoms with Gasteiger partial charge < -0.3 is 15.7 Å².